The molecule has 0 aliphatic heterocycles. The Bertz CT molecular complexity index is 1380. The number of hydrogen-bond acceptors (Lipinski definition) is 4. The van der Waals surface area contributed by atoms with Gasteiger partial charge in [0, 0.05) is 21.1 Å². The molecule has 144 valence electrons. The summed E-state index contributed by atoms with van der Waals surface area (Å²) < 4.78 is 1.91. The number of nitrogens with zero attached hydrogens (tertiary/aromatic N) is 2. The van der Waals surface area contributed by atoms with Crippen molar-refractivity contribution in [3.05, 3.63) is 96.6 Å². The van der Waals surface area contributed by atoms with E-state index in [0.717, 1.165) is 19.8 Å². The smallest absolute Gasteiger partial charge is 0.335 e. The topological polar surface area (TPSA) is 87.5 Å². The van der Waals surface area contributed by atoms with E-state index >= 15 is 0 Å². The second kappa shape index (κ2) is 7.69. The van der Waals surface area contributed by atoms with Crippen molar-refractivity contribution in [2.24, 2.45) is 4.99 Å². The molecular weight excluding hydrogens is 458 g/mol. The highest BCUT2D eigenvalue weighted by atomic mass is 79.9. The van der Waals surface area contributed by atoms with Crippen LogP contribution in [0.5, 0.6) is 5.88 Å². The molecule has 1 aromatic heterocycles. The Labute approximate surface area is 177 Å². The summed E-state index contributed by atoms with van der Waals surface area (Å²) in [5, 5.41) is 12.9. The van der Waals surface area contributed by atoms with Crippen LogP contribution >= 0.6 is 27.5 Å². The summed E-state index contributed by atoms with van der Waals surface area (Å²) in [4.78, 5) is 31.1. The number of benzene rings is 3. The Balaban J connectivity index is 1.86. The van der Waals surface area contributed by atoms with E-state index in [0.29, 0.717) is 16.4 Å². The molecule has 0 unspecified atom stereocenters. The van der Waals surface area contributed by atoms with Crippen molar-refractivity contribution < 1.29 is 5.11 Å². The van der Waals surface area contributed by atoms with E-state index in [1.807, 2.05) is 30.3 Å². The summed E-state index contributed by atoms with van der Waals surface area (Å²) in [6, 6.07) is 17.6. The SMILES string of the molecule is O=c1[nH]c(=O)n(-c2ccc(Cl)cc2)c(O)c1C=Nc1ccc(Br)c2ccccc12. The fourth-order valence-electron chi connectivity index (χ4n) is 2.98. The number of aliphatic imine (C=N–C) groups is 1. The van der Waals surface area contributed by atoms with E-state index in [1.54, 1.807) is 30.3 Å². The van der Waals surface area contributed by atoms with E-state index in [-0.39, 0.29) is 5.56 Å². The molecule has 29 heavy (non-hydrogen) atoms. The first-order chi connectivity index (χ1) is 14.0. The van der Waals surface area contributed by atoms with Crippen LogP contribution in [0.2, 0.25) is 5.02 Å². The lowest BCUT2D eigenvalue weighted by molar-refractivity contribution is 0.430. The van der Waals surface area contributed by atoms with Crippen LogP contribution < -0.4 is 11.2 Å². The fourth-order valence-corrected chi connectivity index (χ4v) is 3.58. The molecule has 6 nitrogen and oxygen atoms in total. The first-order valence-corrected chi connectivity index (χ1v) is 9.68. The maximum absolute atomic E-state index is 12.3. The summed E-state index contributed by atoms with van der Waals surface area (Å²) >= 11 is 9.38. The molecule has 0 amide bonds. The molecule has 3 aromatic carbocycles. The second-order valence-electron chi connectivity index (χ2n) is 6.18. The highest BCUT2D eigenvalue weighted by Gasteiger charge is 2.14. The van der Waals surface area contributed by atoms with Crippen molar-refractivity contribution in [1.82, 2.24) is 9.55 Å². The van der Waals surface area contributed by atoms with Gasteiger partial charge in [-0.15, -0.1) is 0 Å². The van der Waals surface area contributed by atoms with Crippen LogP contribution in [0.1, 0.15) is 5.56 Å². The summed E-state index contributed by atoms with van der Waals surface area (Å²) in [5.41, 5.74) is -0.653. The van der Waals surface area contributed by atoms with Crippen LogP contribution in [-0.4, -0.2) is 20.9 Å². The summed E-state index contributed by atoms with van der Waals surface area (Å²) in [6.45, 7) is 0. The van der Waals surface area contributed by atoms with Crippen molar-refractivity contribution in [2.75, 3.05) is 0 Å². The lowest BCUT2D eigenvalue weighted by Crippen LogP contribution is -2.31. The Kier molecular flexibility index (Phi) is 5.08. The van der Waals surface area contributed by atoms with Gasteiger partial charge in [0.05, 0.1) is 11.4 Å². The van der Waals surface area contributed by atoms with Gasteiger partial charge in [0.15, 0.2) is 0 Å². The maximum Gasteiger partial charge on any atom is 0.335 e. The van der Waals surface area contributed by atoms with Gasteiger partial charge in [0.2, 0.25) is 5.88 Å². The normalized spacial score (nSPS) is 11.4. The minimum absolute atomic E-state index is 0.133. The van der Waals surface area contributed by atoms with Gasteiger partial charge in [-0.1, -0.05) is 51.8 Å². The zero-order valence-electron chi connectivity index (χ0n) is 14.8. The van der Waals surface area contributed by atoms with Crippen LogP contribution in [0.3, 0.4) is 0 Å². The lowest BCUT2D eigenvalue weighted by Gasteiger charge is -2.09. The number of rotatable bonds is 3. The number of nitrogens with one attached hydrogen (secondary N) is 1. The maximum atomic E-state index is 12.3. The third kappa shape index (κ3) is 3.62. The van der Waals surface area contributed by atoms with Crippen molar-refractivity contribution in [1.29, 1.82) is 0 Å². The van der Waals surface area contributed by atoms with E-state index < -0.39 is 17.1 Å². The number of aromatic nitrogens is 2. The third-order valence-electron chi connectivity index (χ3n) is 4.39. The Morgan fingerprint density at radius 2 is 1.69 bits per heavy atom. The second-order valence-corrected chi connectivity index (χ2v) is 7.47. The van der Waals surface area contributed by atoms with E-state index in [9.17, 15) is 14.7 Å². The Morgan fingerprint density at radius 3 is 2.41 bits per heavy atom. The van der Waals surface area contributed by atoms with Crippen LogP contribution in [0.15, 0.2) is 79.7 Å². The number of aromatic amines is 1. The molecule has 4 aromatic rings. The minimum atomic E-state index is -0.763. The lowest BCUT2D eigenvalue weighted by atomic mass is 10.1. The van der Waals surface area contributed by atoms with Crippen LogP contribution in [0.4, 0.5) is 5.69 Å². The molecule has 0 aliphatic carbocycles. The van der Waals surface area contributed by atoms with Crippen molar-refractivity contribution in [3.63, 3.8) is 0 Å². The number of halogens is 2. The molecule has 2 N–H and O–H groups in total. The molecule has 0 saturated carbocycles. The van der Waals surface area contributed by atoms with Crippen molar-refractivity contribution in [2.45, 2.75) is 0 Å². The van der Waals surface area contributed by atoms with Gasteiger partial charge in [-0.3, -0.25) is 14.8 Å². The van der Waals surface area contributed by atoms with Gasteiger partial charge in [0.25, 0.3) is 5.56 Å². The van der Waals surface area contributed by atoms with Crippen molar-refractivity contribution >= 4 is 50.2 Å². The quantitative estimate of drug-likeness (QED) is 0.431. The first kappa shape index (κ1) is 19.2. The van der Waals surface area contributed by atoms with Gasteiger partial charge >= 0.3 is 5.69 Å². The molecule has 0 radical (unpaired) electrons. The van der Waals surface area contributed by atoms with Crippen LogP contribution in [-0.2, 0) is 0 Å². The Morgan fingerprint density at radius 1 is 1.00 bits per heavy atom. The molecule has 0 aliphatic rings. The van der Waals surface area contributed by atoms with Gasteiger partial charge < -0.3 is 5.11 Å². The van der Waals surface area contributed by atoms with Gasteiger partial charge in [0.1, 0.15) is 5.56 Å². The summed E-state index contributed by atoms with van der Waals surface area (Å²) in [7, 11) is 0. The number of fused-ring (bicyclic) bond motifs is 1. The van der Waals surface area contributed by atoms with E-state index in [1.165, 1.54) is 6.21 Å². The predicted molar refractivity (Wildman–Crippen MR) is 118 cm³/mol. The zero-order valence-corrected chi connectivity index (χ0v) is 17.1. The highest BCUT2D eigenvalue weighted by Crippen LogP contribution is 2.31. The average molecular weight is 471 g/mol. The molecule has 8 heteroatoms. The van der Waals surface area contributed by atoms with E-state index in [2.05, 4.69) is 25.9 Å². The first-order valence-electron chi connectivity index (χ1n) is 8.51. The van der Waals surface area contributed by atoms with Crippen LogP contribution in [0.25, 0.3) is 16.5 Å². The number of H-pyrrole nitrogens is 1. The molecule has 4 rings (SSSR count). The summed E-state index contributed by atoms with van der Waals surface area (Å²) in [5.74, 6) is -0.508. The largest absolute Gasteiger partial charge is 0.493 e. The van der Waals surface area contributed by atoms with Gasteiger partial charge in [-0.25, -0.2) is 9.36 Å². The average Bonchev–Trinajstić information content (AvgIpc) is 2.71. The number of aromatic hydroxyl groups is 1. The minimum Gasteiger partial charge on any atom is -0.493 e. The molecule has 1 heterocycles. The number of hydrogen-bond donors (Lipinski definition) is 2. The Hall–Kier alpha value is -3.16. The van der Waals surface area contributed by atoms with Gasteiger partial charge in [-0.05, 0) is 41.8 Å². The highest BCUT2D eigenvalue weighted by molar-refractivity contribution is 9.10. The third-order valence-corrected chi connectivity index (χ3v) is 5.33. The fraction of sp³-hybridized carbons (Fsp3) is 0. The molecule has 0 spiro atoms. The standard InChI is InChI=1S/C21H13BrClN3O3/c22-17-9-10-18(15-4-2-1-3-14(15)17)24-11-16-19(27)25-21(29)26(20(16)28)13-7-5-12(23)6-8-13/h1-11,28H,(H,25,27,29). The summed E-state index contributed by atoms with van der Waals surface area (Å²) in [6.07, 6.45) is 1.25. The molecule has 0 fully saturated rings. The molecule has 0 atom stereocenters. The zero-order chi connectivity index (χ0) is 20.5. The van der Waals surface area contributed by atoms with Crippen LogP contribution in [0, 0.1) is 0 Å². The molecular formula is C21H13BrClN3O3. The molecule has 0 bridgehead atoms. The van der Waals surface area contributed by atoms with Crippen molar-refractivity contribution in [3.8, 4) is 11.6 Å². The van der Waals surface area contributed by atoms with Gasteiger partial charge in [-0.2, -0.15) is 0 Å². The monoisotopic (exact) mass is 469 g/mol. The predicted octanol–water partition coefficient (Wildman–Crippen LogP) is 4.55. The molecule has 0 saturated heterocycles. The van der Waals surface area contributed by atoms with E-state index in [4.69, 9.17) is 11.6 Å².